The summed E-state index contributed by atoms with van der Waals surface area (Å²) in [4.78, 5) is 13.0. The number of hydrogen-bond donors (Lipinski definition) is 3. The number of nitrogens with one attached hydrogen (secondary N) is 2. The molecule has 206 valence electrons. The number of fused-ring (bicyclic) bond motifs is 1. The first-order valence-corrected chi connectivity index (χ1v) is 13.5. The Bertz CT molecular complexity index is 1240. The van der Waals surface area contributed by atoms with Crippen molar-refractivity contribution in [2.45, 2.75) is 76.7 Å². The lowest BCUT2D eigenvalue weighted by atomic mass is 9.83. The number of aromatic nitrogens is 1. The number of ether oxygens (including phenoxy) is 2. The monoisotopic (exact) mass is 541 g/mol. The van der Waals surface area contributed by atoms with Gasteiger partial charge in [0.15, 0.2) is 0 Å². The zero-order chi connectivity index (χ0) is 26.0. The van der Waals surface area contributed by atoms with Crippen molar-refractivity contribution in [1.82, 2.24) is 9.88 Å². The van der Waals surface area contributed by atoms with Gasteiger partial charge in [-0.25, -0.2) is 0 Å². The number of hydrogen-bond acceptors (Lipinski definition) is 5. The first-order valence-electron chi connectivity index (χ1n) is 13.5. The van der Waals surface area contributed by atoms with Crippen LogP contribution in [-0.2, 0) is 18.3 Å². The molecule has 0 radical (unpaired) electrons. The van der Waals surface area contributed by atoms with E-state index in [-0.39, 0.29) is 24.4 Å². The number of anilines is 1. The molecule has 38 heavy (non-hydrogen) atoms. The van der Waals surface area contributed by atoms with Gasteiger partial charge in [0.1, 0.15) is 12.4 Å². The Morgan fingerprint density at radius 1 is 1.16 bits per heavy atom. The molecule has 2 heterocycles. The number of nitrogens with zero attached hydrogens (tertiary/aromatic N) is 1. The van der Waals surface area contributed by atoms with Crippen LogP contribution in [0.1, 0.15) is 67.1 Å². The molecule has 3 aromatic rings. The molecule has 1 aromatic heterocycles. The molecule has 0 unspecified atom stereocenters. The maximum absolute atomic E-state index is 13.0. The van der Waals surface area contributed by atoms with E-state index in [4.69, 9.17) is 9.47 Å². The number of aryl methyl sites for hydroxylation is 2. The van der Waals surface area contributed by atoms with E-state index in [2.05, 4.69) is 41.3 Å². The largest absolute Gasteiger partial charge is 0.491 e. The molecular weight excluding hydrogens is 502 g/mol. The highest BCUT2D eigenvalue weighted by Crippen LogP contribution is 2.30. The smallest absolute Gasteiger partial charge is 0.255 e. The van der Waals surface area contributed by atoms with E-state index >= 15 is 0 Å². The number of rotatable bonds is 8. The van der Waals surface area contributed by atoms with Crippen molar-refractivity contribution in [1.29, 1.82) is 0 Å². The van der Waals surface area contributed by atoms with Crippen LogP contribution >= 0.6 is 12.4 Å². The van der Waals surface area contributed by atoms with Gasteiger partial charge in [-0.05, 0) is 100 Å². The Morgan fingerprint density at radius 2 is 1.89 bits per heavy atom. The molecule has 1 amide bonds. The summed E-state index contributed by atoms with van der Waals surface area (Å²) in [6.45, 7) is 6.12. The number of amides is 1. The predicted octanol–water partition coefficient (Wildman–Crippen LogP) is 5.50. The van der Waals surface area contributed by atoms with Crippen molar-refractivity contribution in [3.63, 3.8) is 0 Å². The molecule has 1 saturated heterocycles. The van der Waals surface area contributed by atoms with Crippen LogP contribution in [0.4, 0.5) is 5.69 Å². The van der Waals surface area contributed by atoms with Crippen LogP contribution in [0.3, 0.4) is 0 Å². The number of halogens is 1. The van der Waals surface area contributed by atoms with Crippen LogP contribution < -0.4 is 15.4 Å². The zero-order valence-corrected chi connectivity index (χ0v) is 23.4. The van der Waals surface area contributed by atoms with Gasteiger partial charge < -0.3 is 29.8 Å². The highest BCUT2D eigenvalue weighted by Gasteiger charge is 2.28. The minimum atomic E-state index is -0.518. The topological polar surface area (TPSA) is 84.8 Å². The predicted molar refractivity (Wildman–Crippen MR) is 153 cm³/mol. The van der Waals surface area contributed by atoms with Crippen molar-refractivity contribution in [2.75, 3.05) is 18.5 Å². The van der Waals surface area contributed by atoms with E-state index in [9.17, 15) is 9.90 Å². The van der Waals surface area contributed by atoms with Crippen LogP contribution in [-0.4, -0.2) is 46.5 Å². The second-order valence-electron chi connectivity index (χ2n) is 10.9. The first kappa shape index (κ1) is 28.4. The Kier molecular flexibility index (Phi) is 9.04. The van der Waals surface area contributed by atoms with Gasteiger partial charge in [-0.15, -0.1) is 12.4 Å². The first-order chi connectivity index (χ1) is 17.8. The van der Waals surface area contributed by atoms with Crippen molar-refractivity contribution >= 4 is 34.9 Å². The summed E-state index contributed by atoms with van der Waals surface area (Å²) in [5.74, 6) is 0.604. The van der Waals surface area contributed by atoms with Crippen LogP contribution in [0.25, 0.3) is 10.9 Å². The number of carbonyl (C=O) groups is 1. The molecular formula is C30H40ClN3O4. The average molecular weight is 542 g/mol. The lowest BCUT2D eigenvalue weighted by molar-refractivity contribution is 0.0139. The van der Waals surface area contributed by atoms with Crippen LogP contribution in [0.2, 0.25) is 0 Å². The molecule has 8 heteroatoms. The number of aliphatic hydroxyl groups is 1. The van der Waals surface area contributed by atoms with E-state index in [1.807, 2.05) is 25.1 Å². The second kappa shape index (κ2) is 12.1. The highest BCUT2D eigenvalue weighted by atomic mass is 35.5. The molecule has 0 spiro atoms. The maximum Gasteiger partial charge on any atom is 0.255 e. The summed E-state index contributed by atoms with van der Waals surface area (Å²) in [5, 5.41) is 18.1. The summed E-state index contributed by atoms with van der Waals surface area (Å²) >= 11 is 0. The Hall–Kier alpha value is -2.58. The van der Waals surface area contributed by atoms with Gasteiger partial charge in [0.2, 0.25) is 0 Å². The van der Waals surface area contributed by atoms with E-state index in [0.29, 0.717) is 18.2 Å². The van der Waals surface area contributed by atoms with Gasteiger partial charge in [-0.2, -0.15) is 0 Å². The minimum Gasteiger partial charge on any atom is -0.491 e. The average Bonchev–Trinajstić information content (AvgIpc) is 3.52. The van der Waals surface area contributed by atoms with Crippen LogP contribution in [0, 0.1) is 6.92 Å². The second-order valence-corrected chi connectivity index (χ2v) is 10.9. The summed E-state index contributed by atoms with van der Waals surface area (Å²) in [5.41, 5.74) is 4.29. The molecule has 2 fully saturated rings. The lowest BCUT2D eigenvalue weighted by Gasteiger charge is -2.33. The van der Waals surface area contributed by atoms with E-state index in [0.717, 1.165) is 79.6 Å². The van der Waals surface area contributed by atoms with E-state index in [1.54, 1.807) is 12.1 Å². The quantitative estimate of drug-likeness (QED) is 0.350. The van der Waals surface area contributed by atoms with Gasteiger partial charge in [0, 0.05) is 54.1 Å². The van der Waals surface area contributed by atoms with Gasteiger partial charge >= 0.3 is 0 Å². The molecule has 1 saturated carbocycles. The third kappa shape index (κ3) is 6.52. The molecule has 0 bridgehead atoms. The third-order valence-corrected chi connectivity index (χ3v) is 8.05. The van der Waals surface area contributed by atoms with Crippen molar-refractivity contribution in [3.05, 3.63) is 59.3 Å². The molecule has 1 atom stereocenters. The van der Waals surface area contributed by atoms with Crippen molar-refractivity contribution in [3.8, 4) is 5.75 Å². The van der Waals surface area contributed by atoms with Crippen LogP contribution in [0.15, 0.2) is 42.5 Å². The Morgan fingerprint density at radius 3 is 2.58 bits per heavy atom. The third-order valence-electron chi connectivity index (χ3n) is 8.05. The SMILES string of the molecule is Cc1c(NC(=O)c2ccc(OC[C@@H]3CCCO3)cc2)ccc2c1cc(CNC1CCC(C)(O)CC1)n2C.Cl. The molecule has 5 rings (SSSR count). The van der Waals surface area contributed by atoms with Gasteiger partial charge in [0.25, 0.3) is 5.91 Å². The molecule has 1 aliphatic heterocycles. The fourth-order valence-electron chi connectivity index (χ4n) is 5.47. The fourth-order valence-corrected chi connectivity index (χ4v) is 5.47. The van der Waals surface area contributed by atoms with Gasteiger partial charge in [-0.3, -0.25) is 4.79 Å². The molecule has 3 N–H and O–H groups in total. The summed E-state index contributed by atoms with van der Waals surface area (Å²) in [6, 6.07) is 14.0. The van der Waals surface area contributed by atoms with Crippen molar-refractivity contribution < 1.29 is 19.4 Å². The minimum absolute atomic E-state index is 0. The maximum atomic E-state index is 13.0. The molecule has 7 nitrogen and oxygen atoms in total. The fraction of sp³-hybridized carbons (Fsp3) is 0.500. The lowest BCUT2D eigenvalue weighted by Crippen LogP contribution is -2.39. The number of benzene rings is 2. The van der Waals surface area contributed by atoms with Gasteiger partial charge in [-0.1, -0.05) is 0 Å². The standard InChI is InChI=1S/C30H39N3O4.ClH/c1-20-26-17-23(18-31-22-12-14-30(2,35)15-13-22)33(3)28(26)11-10-27(20)32-29(34)21-6-8-24(9-7-21)37-19-25-5-4-16-36-25;/h6-11,17,22,25,31,35H,4-5,12-16,18-19H2,1-3H3,(H,32,34);1H/t22?,25-,30?;/m0./s1. The van der Waals surface area contributed by atoms with E-state index < -0.39 is 5.60 Å². The Balaban J connectivity index is 0.00000336. The molecule has 1 aliphatic carbocycles. The molecule has 2 aromatic carbocycles. The van der Waals surface area contributed by atoms with Crippen molar-refractivity contribution in [2.24, 2.45) is 7.05 Å². The van der Waals surface area contributed by atoms with Crippen LogP contribution in [0.5, 0.6) is 5.75 Å². The van der Waals surface area contributed by atoms with Gasteiger partial charge in [0.05, 0.1) is 11.7 Å². The summed E-state index contributed by atoms with van der Waals surface area (Å²) in [7, 11) is 2.09. The molecule has 2 aliphatic rings. The summed E-state index contributed by atoms with van der Waals surface area (Å²) in [6.07, 6.45) is 5.96. The van der Waals surface area contributed by atoms with E-state index in [1.165, 1.54) is 5.69 Å². The normalized spacial score (nSPS) is 23.3. The highest BCUT2D eigenvalue weighted by molar-refractivity contribution is 6.06. The number of carbonyl (C=O) groups excluding carboxylic acids is 1. The summed E-state index contributed by atoms with van der Waals surface area (Å²) < 4.78 is 13.6. The zero-order valence-electron chi connectivity index (χ0n) is 22.6. The Labute approximate surface area is 231 Å².